The first-order valence-corrected chi connectivity index (χ1v) is 11.8. The Morgan fingerprint density at radius 1 is 0.906 bits per heavy atom. The number of rotatable bonds is 3. The summed E-state index contributed by atoms with van der Waals surface area (Å²) in [5, 5.41) is 2.62. The molecule has 2 aromatic heterocycles. The lowest BCUT2D eigenvalue weighted by atomic mass is 9.80. The summed E-state index contributed by atoms with van der Waals surface area (Å²) < 4.78 is 0. The highest BCUT2D eigenvalue weighted by molar-refractivity contribution is 5.92. The number of nitrogens with zero attached hydrogens (tertiary/aromatic N) is 2. The smallest absolute Gasteiger partial charge is 0.0740 e. The van der Waals surface area contributed by atoms with Crippen LogP contribution in [-0.4, -0.2) is 9.97 Å². The fourth-order valence-corrected chi connectivity index (χ4v) is 5.10. The summed E-state index contributed by atoms with van der Waals surface area (Å²) in [6, 6.07) is 17.9. The molecule has 162 valence electrons. The van der Waals surface area contributed by atoms with Crippen LogP contribution in [0.15, 0.2) is 60.9 Å². The fraction of sp³-hybridized carbons (Fsp3) is 0.333. The minimum Gasteiger partial charge on any atom is -0.261 e. The van der Waals surface area contributed by atoms with E-state index in [0.29, 0.717) is 5.92 Å². The van der Waals surface area contributed by atoms with E-state index in [0.717, 1.165) is 25.0 Å². The van der Waals surface area contributed by atoms with Gasteiger partial charge in [-0.3, -0.25) is 9.97 Å². The van der Waals surface area contributed by atoms with E-state index in [9.17, 15) is 0 Å². The molecule has 2 nitrogen and oxygen atoms in total. The summed E-state index contributed by atoms with van der Waals surface area (Å²) >= 11 is 0. The standard InChI is InChI=1S/C30H32N2/c1-19(2)14-23-16-21-10-11-26-25(27(21)18-32-23)12-13-31-29(26)22-15-20-8-6-7-9-24(20)28(17-22)30(3,4)5/h6-9,12-13,15-19H,10-11,14H2,1-5H3. The summed E-state index contributed by atoms with van der Waals surface area (Å²) in [5.41, 5.74) is 10.3. The molecule has 0 N–H and O–H groups in total. The van der Waals surface area contributed by atoms with Crippen molar-refractivity contribution in [1.82, 2.24) is 9.97 Å². The Labute approximate surface area is 191 Å². The van der Waals surface area contributed by atoms with Crippen LogP contribution in [0, 0.1) is 5.92 Å². The molecule has 0 bridgehead atoms. The van der Waals surface area contributed by atoms with Gasteiger partial charge >= 0.3 is 0 Å². The molecular formula is C30H32N2. The molecule has 0 saturated carbocycles. The predicted octanol–water partition coefficient (Wildman–Crippen LogP) is 7.56. The lowest BCUT2D eigenvalue weighted by Crippen LogP contribution is -2.13. The third-order valence-electron chi connectivity index (χ3n) is 6.60. The SMILES string of the molecule is CC(C)Cc1cc2c(cn1)-c1ccnc(-c3cc(C(C)(C)C)c4ccccc4c3)c1CC2. The first-order chi connectivity index (χ1) is 15.3. The molecule has 0 aliphatic heterocycles. The molecule has 0 amide bonds. The average molecular weight is 421 g/mol. The molecular weight excluding hydrogens is 388 g/mol. The highest BCUT2D eigenvalue weighted by Gasteiger charge is 2.23. The van der Waals surface area contributed by atoms with Gasteiger partial charge < -0.3 is 0 Å². The molecule has 2 heterocycles. The molecule has 0 radical (unpaired) electrons. The van der Waals surface area contributed by atoms with E-state index in [1.165, 1.54) is 49.8 Å². The van der Waals surface area contributed by atoms with Crippen LogP contribution < -0.4 is 0 Å². The third kappa shape index (κ3) is 3.72. The van der Waals surface area contributed by atoms with Crippen molar-refractivity contribution >= 4 is 10.8 Å². The molecule has 2 heteroatoms. The molecule has 4 aromatic rings. The number of benzene rings is 2. The first kappa shape index (κ1) is 20.9. The second-order valence-electron chi connectivity index (χ2n) is 10.6. The van der Waals surface area contributed by atoms with Crippen molar-refractivity contribution in [2.75, 3.05) is 0 Å². The van der Waals surface area contributed by atoms with Gasteiger partial charge in [-0.15, -0.1) is 0 Å². The highest BCUT2D eigenvalue weighted by atomic mass is 14.7. The monoisotopic (exact) mass is 420 g/mol. The van der Waals surface area contributed by atoms with Gasteiger partial charge in [0.15, 0.2) is 0 Å². The Morgan fingerprint density at radius 3 is 2.50 bits per heavy atom. The van der Waals surface area contributed by atoms with Crippen molar-refractivity contribution in [2.24, 2.45) is 5.92 Å². The summed E-state index contributed by atoms with van der Waals surface area (Å²) in [6.45, 7) is 11.4. The number of aryl methyl sites for hydroxylation is 1. The lowest BCUT2D eigenvalue weighted by Gasteiger charge is -2.25. The summed E-state index contributed by atoms with van der Waals surface area (Å²) in [4.78, 5) is 9.70. The van der Waals surface area contributed by atoms with Gasteiger partial charge in [-0.05, 0) is 87.9 Å². The van der Waals surface area contributed by atoms with Crippen molar-refractivity contribution in [2.45, 2.75) is 59.3 Å². The molecule has 0 unspecified atom stereocenters. The Morgan fingerprint density at radius 2 is 1.72 bits per heavy atom. The van der Waals surface area contributed by atoms with Gasteiger partial charge in [-0.2, -0.15) is 0 Å². The number of aromatic nitrogens is 2. The average Bonchev–Trinajstić information content (AvgIpc) is 2.76. The van der Waals surface area contributed by atoms with Gasteiger partial charge in [0.2, 0.25) is 0 Å². The van der Waals surface area contributed by atoms with E-state index in [2.05, 4.69) is 89.3 Å². The topological polar surface area (TPSA) is 25.8 Å². The van der Waals surface area contributed by atoms with Crippen molar-refractivity contribution < 1.29 is 0 Å². The van der Waals surface area contributed by atoms with Crippen LogP contribution in [0.5, 0.6) is 0 Å². The van der Waals surface area contributed by atoms with Crippen molar-refractivity contribution in [3.63, 3.8) is 0 Å². The van der Waals surface area contributed by atoms with Crippen LogP contribution in [-0.2, 0) is 24.7 Å². The predicted molar refractivity (Wildman–Crippen MR) is 135 cm³/mol. The number of pyridine rings is 2. The molecule has 1 aliphatic carbocycles. The zero-order chi connectivity index (χ0) is 22.5. The van der Waals surface area contributed by atoms with Crippen molar-refractivity contribution in [3.8, 4) is 22.4 Å². The van der Waals surface area contributed by atoms with Gasteiger partial charge in [-0.1, -0.05) is 58.9 Å². The van der Waals surface area contributed by atoms with Crippen LogP contribution in [0.2, 0.25) is 0 Å². The lowest BCUT2D eigenvalue weighted by molar-refractivity contribution is 0.596. The molecule has 2 aromatic carbocycles. The number of hydrogen-bond acceptors (Lipinski definition) is 2. The summed E-state index contributed by atoms with van der Waals surface area (Å²) in [6.07, 6.45) is 7.17. The number of fused-ring (bicyclic) bond motifs is 4. The van der Waals surface area contributed by atoms with Crippen LogP contribution in [0.25, 0.3) is 33.2 Å². The minimum atomic E-state index is 0.0633. The Hall–Kier alpha value is -3.00. The Balaban J connectivity index is 1.66. The normalized spacial score (nSPS) is 13.3. The maximum Gasteiger partial charge on any atom is 0.0740 e. The summed E-state index contributed by atoms with van der Waals surface area (Å²) in [7, 11) is 0. The Bertz CT molecular complexity index is 1310. The van der Waals surface area contributed by atoms with Crippen LogP contribution >= 0.6 is 0 Å². The molecule has 5 rings (SSSR count). The third-order valence-corrected chi connectivity index (χ3v) is 6.60. The molecule has 0 atom stereocenters. The summed E-state index contributed by atoms with van der Waals surface area (Å²) in [5.74, 6) is 0.622. The van der Waals surface area contributed by atoms with Gasteiger partial charge in [0.05, 0.1) is 5.69 Å². The molecule has 0 spiro atoms. The molecule has 0 fully saturated rings. The van der Waals surface area contributed by atoms with Crippen LogP contribution in [0.3, 0.4) is 0 Å². The van der Waals surface area contributed by atoms with Gasteiger partial charge in [-0.25, -0.2) is 0 Å². The van der Waals surface area contributed by atoms with E-state index >= 15 is 0 Å². The zero-order valence-electron chi connectivity index (χ0n) is 19.9. The minimum absolute atomic E-state index is 0.0633. The maximum atomic E-state index is 4.90. The zero-order valence-corrected chi connectivity index (χ0v) is 19.9. The molecule has 1 aliphatic rings. The second kappa shape index (κ2) is 7.85. The largest absolute Gasteiger partial charge is 0.261 e. The molecule has 32 heavy (non-hydrogen) atoms. The van der Waals surface area contributed by atoms with E-state index in [4.69, 9.17) is 9.97 Å². The van der Waals surface area contributed by atoms with E-state index in [1.54, 1.807) is 0 Å². The van der Waals surface area contributed by atoms with Gasteiger partial charge in [0.25, 0.3) is 0 Å². The van der Waals surface area contributed by atoms with Crippen LogP contribution in [0.4, 0.5) is 0 Å². The first-order valence-electron chi connectivity index (χ1n) is 11.8. The molecule has 0 saturated heterocycles. The van der Waals surface area contributed by atoms with Crippen molar-refractivity contribution in [3.05, 3.63) is 83.3 Å². The van der Waals surface area contributed by atoms with E-state index in [1.807, 2.05) is 6.20 Å². The fourth-order valence-electron chi connectivity index (χ4n) is 5.10. The second-order valence-corrected chi connectivity index (χ2v) is 10.6. The van der Waals surface area contributed by atoms with E-state index < -0.39 is 0 Å². The maximum absolute atomic E-state index is 4.90. The van der Waals surface area contributed by atoms with Crippen molar-refractivity contribution in [1.29, 1.82) is 0 Å². The van der Waals surface area contributed by atoms with Gasteiger partial charge in [0.1, 0.15) is 0 Å². The Kier molecular flexibility index (Phi) is 5.12. The highest BCUT2D eigenvalue weighted by Crippen LogP contribution is 2.40. The quantitative estimate of drug-likeness (QED) is 0.342. The van der Waals surface area contributed by atoms with E-state index in [-0.39, 0.29) is 5.41 Å². The van der Waals surface area contributed by atoms with Crippen LogP contribution in [0.1, 0.15) is 57.0 Å². The van der Waals surface area contributed by atoms with Gasteiger partial charge in [0, 0.05) is 29.2 Å². The number of hydrogen-bond donors (Lipinski definition) is 0.